The smallest absolute Gasteiger partial charge is 0.270 e. The van der Waals surface area contributed by atoms with Crippen LogP contribution < -0.4 is 5.32 Å². The first-order chi connectivity index (χ1) is 15.8. The fraction of sp³-hybridized carbons (Fsp3) is 0.143. The van der Waals surface area contributed by atoms with Crippen molar-refractivity contribution in [3.63, 3.8) is 0 Å². The van der Waals surface area contributed by atoms with Crippen molar-refractivity contribution in [2.45, 2.75) is 17.3 Å². The third kappa shape index (κ3) is 4.91. The highest BCUT2D eigenvalue weighted by molar-refractivity contribution is 8.00. The summed E-state index contributed by atoms with van der Waals surface area (Å²) in [5, 5.41) is 23.9. The van der Waals surface area contributed by atoms with E-state index in [2.05, 4.69) is 20.5 Å². The van der Waals surface area contributed by atoms with E-state index in [1.165, 1.54) is 41.3 Å². The van der Waals surface area contributed by atoms with Gasteiger partial charge in [-0.2, -0.15) is 0 Å². The highest BCUT2D eigenvalue weighted by atomic mass is 32.2. The van der Waals surface area contributed by atoms with Crippen LogP contribution in [-0.4, -0.2) is 35.8 Å². The quantitative estimate of drug-likeness (QED) is 0.228. The maximum atomic E-state index is 14.1. The molecule has 0 aliphatic carbocycles. The molecule has 33 heavy (non-hydrogen) atoms. The molecule has 2 heterocycles. The molecule has 4 rings (SSSR count). The Balaban J connectivity index is 1.44. The van der Waals surface area contributed by atoms with Gasteiger partial charge in [0.1, 0.15) is 5.82 Å². The largest absolute Gasteiger partial charge is 0.305 e. The zero-order valence-corrected chi connectivity index (χ0v) is 19.1. The molecule has 1 N–H and O–H groups in total. The van der Waals surface area contributed by atoms with Crippen LogP contribution in [0.15, 0.2) is 59.1 Å². The average molecular weight is 485 g/mol. The summed E-state index contributed by atoms with van der Waals surface area (Å²) in [5.41, 5.74) is 1.41. The van der Waals surface area contributed by atoms with Gasteiger partial charge in [0.05, 0.1) is 21.4 Å². The number of nitro groups is 1. The van der Waals surface area contributed by atoms with Crippen LogP contribution in [0.1, 0.15) is 6.92 Å². The van der Waals surface area contributed by atoms with E-state index in [1.807, 2.05) is 0 Å². The van der Waals surface area contributed by atoms with Crippen molar-refractivity contribution in [2.75, 3.05) is 5.32 Å². The molecule has 0 bridgehead atoms. The van der Waals surface area contributed by atoms with Gasteiger partial charge in [-0.15, -0.1) is 21.5 Å². The molecule has 1 atom stereocenters. The maximum Gasteiger partial charge on any atom is 0.270 e. The van der Waals surface area contributed by atoms with Crippen LogP contribution in [0.25, 0.3) is 22.6 Å². The van der Waals surface area contributed by atoms with Gasteiger partial charge in [-0.25, -0.2) is 9.37 Å². The lowest BCUT2D eigenvalue weighted by atomic mass is 10.1. The number of nitro benzene ring substituents is 1. The molecule has 9 nitrogen and oxygen atoms in total. The monoisotopic (exact) mass is 484 g/mol. The van der Waals surface area contributed by atoms with Crippen LogP contribution in [0.5, 0.6) is 0 Å². The summed E-state index contributed by atoms with van der Waals surface area (Å²) in [6.45, 7) is 1.71. The molecule has 2 aromatic carbocycles. The number of rotatable bonds is 7. The molecule has 1 amide bonds. The second-order valence-corrected chi connectivity index (χ2v) is 9.11. The summed E-state index contributed by atoms with van der Waals surface area (Å²) >= 11 is 2.40. The normalized spacial score (nSPS) is 11.8. The molecule has 0 spiro atoms. The molecule has 1 unspecified atom stereocenters. The van der Waals surface area contributed by atoms with Crippen molar-refractivity contribution < 1.29 is 14.1 Å². The van der Waals surface area contributed by atoms with Gasteiger partial charge >= 0.3 is 0 Å². The Morgan fingerprint density at radius 2 is 2.03 bits per heavy atom. The fourth-order valence-electron chi connectivity index (χ4n) is 2.96. The van der Waals surface area contributed by atoms with Gasteiger partial charge in [-0.05, 0) is 19.1 Å². The average Bonchev–Trinajstić information content (AvgIpc) is 3.41. The summed E-state index contributed by atoms with van der Waals surface area (Å²) in [6.07, 6.45) is 0. The van der Waals surface area contributed by atoms with Crippen LogP contribution in [0.3, 0.4) is 0 Å². The lowest BCUT2D eigenvalue weighted by molar-refractivity contribution is -0.384. The van der Waals surface area contributed by atoms with E-state index in [4.69, 9.17) is 0 Å². The van der Waals surface area contributed by atoms with Crippen LogP contribution >= 0.6 is 23.1 Å². The maximum absolute atomic E-state index is 14.1. The molecule has 0 aliphatic heterocycles. The first kappa shape index (κ1) is 22.6. The number of amides is 1. The first-order valence-electron chi connectivity index (χ1n) is 9.65. The van der Waals surface area contributed by atoms with E-state index < -0.39 is 16.0 Å². The Hall–Kier alpha value is -3.64. The minimum atomic E-state index is -0.536. The molecule has 4 aromatic rings. The Morgan fingerprint density at radius 1 is 1.24 bits per heavy atom. The number of nitrogens with one attached hydrogen (secondary N) is 1. The standard InChI is InChI=1S/C21H17FN6O3S2/c1-12(33-21-26-25-18(27(21)2)15-8-3-4-9-16(15)22)19(29)24-20-23-17(11-32-20)13-6-5-7-14(10-13)28(30)31/h3-12H,1-2H3,(H,23,24,29). The summed E-state index contributed by atoms with van der Waals surface area (Å²) in [7, 11) is 1.71. The summed E-state index contributed by atoms with van der Waals surface area (Å²) in [6, 6.07) is 12.4. The molecule has 0 radical (unpaired) electrons. The highest BCUT2D eigenvalue weighted by Crippen LogP contribution is 2.30. The number of anilines is 1. The zero-order valence-electron chi connectivity index (χ0n) is 17.4. The van der Waals surface area contributed by atoms with Crippen LogP contribution in [0.4, 0.5) is 15.2 Å². The van der Waals surface area contributed by atoms with E-state index in [0.29, 0.717) is 32.9 Å². The lowest BCUT2D eigenvalue weighted by Crippen LogP contribution is -2.22. The number of benzene rings is 2. The highest BCUT2D eigenvalue weighted by Gasteiger charge is 2.21. The Bertz CT molecular complexity index is 1340. The van der Waals surface area contributed by atoms with Crippen molar-refractivity contribution in [3.8, 4) is 22.6 Å². The van der Waals surface area contributed by atoms with Crippen LogP contribution in [0, 0.1) is 15.9 Å². The van der Waals surface area contributed by atoms with Crippen molar-refractivity contribution in [1.29, 1.82) is 0 Å². The van der Waals surface area contributed by atoms with E-state index >= 15 is 0 Å². The van der Waals surface area contributed by atoms with E-state index in [0.717, 1.165) is 0 Å². The third-order valence-corrected chi connectivity index (χ3v) is 6.58. The van der Waals surface area contributed by atoms with Crippen LogP contribution in [0.2, 0.25) is 0 Å². The number of hydrogen-bond acceptors (Lipinski definition) is 8. The van der Waals surface area contributed by atoms with Gasteiger partial charge in [0.15, 0.2) is 16.1 Å². The second-order valence-electron chi connectivity index (χ2n) is 6.94. The number of carbonyl (C=O) groups is 1. The molecule has 12 heteroatoms. The van der Waals surface area contributed by atoms with Gasteiger partial charge in [-0.1, -0.05) is 36.0 Å². The molecule has 0 fully saturated rings. The number of aromatic nitrogens is 4. The summed E-state index contributed by atoms with van der Waals surface area (Å²) < 4.78 is 15.7. The number of thioether (sulfide) groups is 1. The number of non-ortho nitro benzene ring substituents is 1. The predicted molar refractivity (Wildman–Crippen MR) is 125 cm³/mol. The van der Waals surface area contributed by atoms with Crippen molar-refractivity contribution in [3.05, 3.63) is 69.8 Å². The minimum absolute atomic E-state index is 0.0328. The Labute approximate surface area is 195 Å². The van der Waals surface area contributed by atoms with Gasteiger partial charge in [0.25, 0.3) is 5.69 Å². The number of nitrogens with zero attached hydrogens (tertiary/aromatic N) is 5. The van der Waals surface area contributed by atoms with Gasteiger partial charge < -0.3 is 9.88 Å². The van der Waals surface area contributed by atoms with E-state index in [9.17, 15) is 19.3 Å². The van der Waals surface area contributed by atoms with Gasteiger partial charge in [0, 0.05) is 30.1 Å². The van der Waals surface area contributed by atoms with Gasteiger partial charge in [-0.3, -0.25) is 14.9 Å². The van der Waals surface area contributed by atoms with Crippen molar-refractivity contribution >= 4 is 39.8 Å². The SMILES string of the molecule is CC(Sc1nnc(-c2ccccc2F)n1C)C(=O)Nc1nc(-c2cccc([N+](=O)[O-])c2)cs1. The lowest BCUT2D eigenvalue weighted by Gasteiger charge is -2.10. The molecular weight excluding hydrogens is 467 g/mol. The molecule has 2 aromatic heterocycles. The number of thiazole rings is 1. The van der Waals surface area contributed by atoms with Crippen molar-refractivity contribution in [1.82, 2.24) is 19.7 Å². The number of carbonyl (C=O) groups excluding carboxylic acids is 1. The molecule has 0 aliphatic rings. The van der Waals surface area contributed by atoms with E-state index in [1.54, 1.807) is 54.3 Å². The molecule has 0 saturated heterocycles. The Morgan fingerprint density at radius 3 is 2.79 bits per heavy atom. The Kier molecular flexibility index (Phi) is 6.47. The van der Waals surface area contributed by atoms with E-state index in [-0.39, 0.29) is 11.6 Å². The predicted octanol–water partition coefficient (Wildman–Crippen LogP) is 4.77. The van der Waals surface area contributed by atoms with Crippen molar-refractivity contribution in [2.24, 2.45) is 7.05 Å². The molecule has 0 saturated carbocycles. The fourth-order valence-corrected chi connectivity index (χ4v) is 4.49. The topological polar surface area (TPSA) is 116 Å². The first-order valence-corrected chi connectivity index (χ1v) is 11.4. The summed E-state index contributed by atoms with van der Waals surface area (Å²) in [4.78, 5) is 27.5. The summed E-state index contributed by atoms with van der Waals surface area (Å²) in [5.74, 6) is -0.334. The second kappa shape index (κ2) is 9.46. The number of hydrogen-bond donors (Lipinski definition) is 1. The molecule has 168 valence electrons. The molecular formula is C21H17FN6O3S2. The van der Waals surface area contributed by atoms with Gasteiger partial charge in [0.2, 0.25) is 5.91 Å². The third-order valence-electron chi connectivity index (χ3n) is 4.69. The van der Waals surface area contributed by atoms with Crippen LogP contribution in [-0.2, 0) is 11.8 Å². The minimum Gasteiger partial charge on any atom is -0.305 e. The number of halogens is 1. The zero-order chi connectivity index (χ0) is 23.5.